The summed E-state index contributed by atoms with van der Waals surface area (Å²) in [5.41, 5.74) is 0.0836. The summed E-state index contributed by atoms with van der Waals surface area (Å²) in [7, 11) is 1.36. The molecule has 1 rings (SSSR count). The van der Waals surface area contributed by atoms with Gasteiger partial charge in [-0.25, -0.2) is 0 Å². The van der Waals surface area contributed by atoms with E-state index >= 15 is 0 Å². The Morgan fingerprint density at radius 2 is 1.80 bits per heavy atom. The molecular formula is C11H16O4. The molecule has 0 aliphatic heterocycles. The largest absolute Gasteiger partial charge is 0.508 e. The van der Waals surface area contributed by atoms with Gasteiger partial charge in [-0.05, 0) is 6.92 Å². The van der Waals surface area contributed by atoms with E-state index in [2.05, 4.69) is 0 Å². The standard InChI is InChI=1S/C9H10O4.C2H6/c1-5(10)9-7(12)3-6(11)4-8(9)13-2;1-2/h3-4,11-12H,1-2H3;1-2H3. The lowest BCUT2D eigenvalue weighted by molar-refractivity contribution is 0.101. The molecule has 0 heterocycles. The molecule has 0 saturated heterocycles. The van der Waals surface area contributed by atoms with Crippen LogP contribution in [0.5, 0.6) is 17.2 Å². The topological polar surface area (TPSA) is 66.8 Å². The van der Waals surface area contributed by atoms with Gasteiger partial charge in [0, 0.05) is 12.1 Å². The highest BCUT2D eigenvalue weighted by molar-refractivity contribution is 5.99. The van der Waals surface area contributed by atoms with Crippen LogP contribution in [0.1, 0.15) is 31.1 Å². The van der Waals surface area contributed by atoms with Crippen LogP contribution < -0.4 is 4.74 Å². The summed E-state index contributed by atoms with van der Waals surface area (Å²) in [6.45, 7) is 5.31. The maximum Gasteiger partial charge on any atom is 0.167 e. The number of ketones is 1. The number of carbonyl (C=O) groups is 1. The molecule has 0 amide bonds. The van der Waals surface area contributed by atoms with E-state index in [4.69, 9.17) is 9.84 Å². The minimum atomic E-state index is -0.311. The number of hydrogen-bond donors (Lipinski definition) is 2. The lowest BCUT2D eigenvalue weighted by atomic mass is 10.1. The van der Waals surface area contributed by atoms with Crippen molar-refractivity contribution in [3.63, 3.8) is 0 Å². The van der Waals surface area contributed by atoms with E-state index in [1.165, 1.54) is 20.1 Å². The van der Waals surface area contributed by atoms with Crippen LogP contribution in [0.3, 0.4) is 0 Å². The minimum absolute atomic E-state index is 0.0836. The van der Waals surface area contributed by atoms with Crippen molar-refractivity contribution < 1.29 is 19.7 Å². The van der Waals surface area contributed by atoms with E-state index in [0.717, 1.165) is 6.07 Å². The van der Waals surface area contributed by atoms with E-state index in [1.807, 2.05) is 13.8 Å². The Morgan fingerprint density at radius 1 is 1.27 bits per heavy atom. The molecule has 0 aliphatic rings. The lowest BCUT2D eigenvalue weighted by Gasteiger charge is -2.07. The fourth-order valence-corrected chi connectivity index (χ4v) is 1.10. The van der Waals surface area contributed by atoms with Gasteiger partial charge in [-0.1, -0.05) is 13.8 Å². The van der Waals surface area contributed by atoms with Gasteiger partial charge >= 0.3 is 0 Å². The second-order valence-electron chi connectivity index (χ2n) is 2.60. The van der Waals surface area contributed by atoms with Crippen molar-refractivity contribution in [1.29, 1.82) is 0 Å². The van der Waals surface area contributed by atoms with Gasteiger partial charge in [0.2, 0.25) is 0 Å². The molecule has 0 aliphatic carbocycles. The summed E-state index contributed by atoms with van der Waals surface area (Å²) in [6, 6.07) is 2.37. The van der Waals surface area contributed by atoms with Gasteiger partial charge < -0.3 is 14.9 Å². The van der Waals surface area contributed by atoms with Gasteiger partial charge in [-0.15, -0.1) is 0 Å². The lowest BCUT2D eigenvalue weighted by Crippen LogP contribution is -1.97. The molecule has 0 spiro atoms. The average molecular weight is 212 g/mol. The van der Waals surface area contributed by atoms with E-state index in [1.54, 1.807) is 0 Å². The second-order valence-corrected chi connectivity index (χ2v) is 2.60. The maximum atomic E-state index is 11.0. The van der Waals surface area contributed by atoms with Gasteiger partial charge in [-0.2, -0.15) is 0 Å². The number of carbonyl (C=O) groups excluding carboxylic acids is 1. The highest BCUT2D eigenvalue weighted by Gasteiger charge is 2.14. The van der Waals surface area contributed by atoms with E-state index in [9.17, 15) is 9.90 Å². The summed E-state index contributed by atoms with van der Waals surface area (Å²) < 4.78 is 4.83. The number of benzene rings is 1. The zero-order valence-corrected chi connectivity index (χ0v) is 9.37. The third-order valence-electron chi connectivity index (χ3n) is 1.64. The molecule has 0 fully saturated rings. The fourth-order valence-electron chi connectivity index (χ4n) is 1.10. The van der Waals surface area contributed by atoms with Crippen molar-refractivity contribution in [2.45, 2.75) is 20.8 Å². The van der Waals surface area contributed by atoms with Crippen LogP contribution in [0.25, 0.3) is 0 Å². The quantitative estimate of drug-likeness (QED) is 0.738. The van der Waals surface area contributed by atoms with Gasteiger partial charge in [0.25, 0.3) is 0 Å². The normalized spacial score (nSPS) is 8.80. The monoisotopic (exact) mass is 212 g/mol. The molecular weight excluding hydrogens is 196 g/mol. The molecule has 1 aromatic carbocycles. The number of phenols is 2. The highest BCUT2D eigenvalue weighted by atomic mass is 16.5. The maximum absolute atomic E-state index is 11.0. The van der Waals surface area contributed by atoms with Gasteiger partial charge in [0.15, 0.2) is 5.78 Å². The summed E-state index contributed by atoms with van der Waals surface area (Å²) in [5.74, 6) is -0.553. The summed E-state index contributed by atoms with van der Waals surface area (Å²) >= 11 is 0. The van der Waals surface area contributed by atoms with Crippen molar-refractivity contribution in [2.75, 3.05) is 7.11 Å². The molecule has 2 N–H and O–H groups in total. The first kappa shape index (κ1) is 13.3. The van der Waals surface area contributed by atoms with Crippen molar-refractivity contribution in [3.8, 4) is 17.2 Å². The smallest absolute Gasteiger partial charge is 0.167 e. The highest BCUT2D eigenvalue weighted by Crippen LogP contribution is 2.32. The van der Waals surface area contributed by atoms with E-state index in [-0.39, 0.29) is 28.6 Å². The third kappa shape index (κ3) is 3.16. The third-order valence-corrected chi connectivity index (χ3v) is 1.64. The molecule has 0 radical (unpaired) electrons. The van der Waals surface area contributed by atoms with Crippen LogP contribution in [0.2, 0.25) is 0 Å². The van der Waals surface area contributed by atoms with Crippen LogP contribution in [-0.4, -0.2) is 23.1 Å². The van der Waals surface area contributed by atoms with Crippen LogP contribution >= 0.6 is 0 Å². The van der Waals surface area contributed by atoms with Crippen LogP contribution in [0.15, 0.2) is 12.1 Å². The van der Waals surface area contributed by atoms with Crippen LogP contribution in [-0.2, 0) is 0 Å². The molecule has 0 aromatic heterocycles. The van der Waals surface area contributed by atoms with Crippen molar-refractivity contribution in [3.05, 3.63) is 17.7 Å². The fraction of sp³-hybridized carbons (Fsp3) is 0.364. The Balaban J connectivity index is 0.000000921. The van der Waals surface area contributed by atoms with Crippen LogP contribution in [0, 0.1) is 0 Å². The van der Waals surface area contributed by atoms with Gasteiger partial charge in [-0.3, -0.25) is 4.79 Å². The van der Waals surface area contributed by atoms with Crippen molar-refractivity contribution in [1.82, 2.24) is 0 Å². The van der Waals surface area contributed by atoms with Gasteiger partial charge in [0.1, 0.15) is 22.8 Å². The van der Waals surface area contributed by atoms with Crippen molar-refractivity contribution in [2.24, 2.45) is 0 Å². The first-order valence-electron chi connectivity index (χ1n) is 4.67. The molecule has 84 valence electrons. The van der Waals surface area contributed by atoms with Crippen molar-refractivity contribution >= 4 is 5.78 Å². The summed E-state index contributed by atoms with van der Waals surface area (Å²) in [5, 5.41) is 18.4. The molecule has 0 atom stereocenters. The second kappa shape index (κ2) is 5.90. The SMILES string of the molecule is CC.COc1cc(O)cc(O)c1C(C)=O. The predicted molar refractivity (Wildman–Crippen MR) is 57.7 cm³/mol. The van der Waals surface area contributed by atoms with Gasteiger partial charge in [0.05, 0.1) is 7.11 Å². The predicted octanol–water partition coefficient (Wildman–Crippen LogP) is 2.34. The number of Topliss-reactive ketones (excluding diaryl/α,β-unsaturated/α-hetero) is 1. The Kier molecular flexibility index (Phi) is 5.23. The summed E-state index contributed by atoms with van der Waals surface area (Å²) in [6.07, 6.45) is 0. The van der Waals surface area contributed by atoms with Crippen LogP contribution in [0.4, 0.5) is 0 Å². The molecule has 4 heteroatoms. The number of phenolic OH excluding ortho intramolecular Hbond substituents is 2. The first-order valence-corrected chi connectivity index (χ1v) is 4.67. The average Bonchev–Trinajstić information content (AvgIpc) is 2.18. The first-order chi connectivity index (χ1) is 7.06. The molecule has 1 aromatic rings. The Labute approximate surface area is 89.1 Å². The van der Waals surface area contributed by atoms with E-state index in [0.29, 0.717) is 0 Å². The number of rotatable bonds is 2. The molecule has 4 nitrogen and oxygen atoms in total. The Hall–Kier alpha value is -1.71. The Morgan fingerprint density at radius 3 is 2.20 bits per heavy atom. The molecule has 0 unspecified atom stereocenters. The molecule has 15 heavy (non-hydrogen) atoms. The number of aromatic hydroxyl groups is 2. The van der Waals surface area contributed by atoms with E-state index < -0.39 is 0 Å². The number of ether oxygens (including phenoxy) is 1. The zero-order valence-electron chi connectivity index (χ0n) is 9.37. The minimum Gasteiger partial charge on any atom is -0.508 e. The zero-order chi connectivity index (χ0) is 12.0. The number of hydrogen-bond acceptors (Lipinski definition) is 4. The Bertz CT molecular complexity index is 345. The number of methoxy groups -OCH3 is 1. The summed E-state index contributed by atoms with van der Waals surface area (Å²) in [4.78, 5) is 11.0. The molecule has 0 saturated carbocycles. The molecule has 0 bridgehead atoms.